The summed E-state index contributed by atoms with van der Waals surface area (Å²) in [6.07, 6.45) is 8.94. The number of hydrazone groups is 1. The summed E-state index contributed by atoms with van der Waals surface area (Å²) in [5, 5.41) is 11.1. The fraction of sp³-hybridized carbons (Fsp3) is 0. The van der Waals surface area contributed by atoms with E-state index in [0.717, 1.165) is 0 Å². The Balaban J connectivity index is 0.000000217. The Labute approximate surface area is 69.1 Å². The highest BCUT2D eigenvalue weighted by atomic mass is 16.4. The molecule has 64 valence electrons. The van der Waals surface area contributed by atoms with Crippen LogP contribution in [-0.4, -0.2) is 23.6 Å². The molecule has 2 N–H and O–H groups in total. The summed E-state index contributed by atoms with van der Waals surface area (Å²) >= 11 is 0. The fourth-order valence-corrected chi connectivity index (χ4v) is 0.342. The highest BCUT2D eigenvalue weighted by Crippen LogP contribution is 1.76. The molecule has 0 unspecified atom stereocenters. The molecule has 5 heteroatoms. The molecule has 1 rings (SSSR count). The fourth-order valence-electron chi connectivity index (χ4n) is 0.342. The van der Waals surface area contributed by atoms with E-state index in [0.29, 0.717) is 0 Å². The summed E-state index contributed by atoms with van der Waals surface area (Å²) in [6.45, 7) is 0. The zero-order valence-electron chi connectivity index (χ0n) is 6.18. The van der Waals surface area contributed by atoms with E-state index in [4.69, 9.17) is 14.7 Å². The average molecular weight is 168 g/mol. The summed E-state index contributed by atoms with van der Waals surface area (Å²) in [4.78, 5) is 17.9. The number of aliphatic carboxylic acids is 1. The van der Waals surface area contributed by atoms with Gasteiger partial charge in [-0.1, -0.05) is 6.08 Å². The van der Waals surface area contributed by atoms with Crippen molar-refractivity contribution in [3.05, 3.63) is 24.4 Å². The minimum absolute atomic E-state index is 0.167. The van der Waals surface area contributed by atoms with Gasteiger partial charge in [0.2, 0.25) is 6.29 Å². The molecular weight excluding hydrogens is 160 g/mol. The zero-order chi connectivity index (χ0) is 9.23. The predicted octanol–water partition coefficient (Wildman–Crippen LogP) is -0.0848. The van der Waals surface area contributed by atoms with Crippen molar-refractivity contribution in [2.24, 2.45) is 5.10 Å². The maximum atomic E-state index is 9.00. The van der Waals surface area contributed by atoms with Crippen LogP contribution in [0.3, 0.4) is 0 Å². The summed E-state index contributed by atoms with van der Waals surface area (Å²) in [5.41, 5.74) is 2.67. The molecule has 5 nitrogen and oxygen atoms in total. The van der Waals surface area contributed by atoms with Gasteiger partial charge in [0.25, 0.3) is 0 Å². The number of carbonyl (C=O) groups excluding carboxylic acids is 1. The van der Waals surface area contributed by atoms with Gasteiger partial charge in [0.05, 0.1) is 0 Å². The minimum atomic E-state index is -1.43. The molecule has 0 amide bonds. The van der Waals surface area contributed by atoms with Crippen molar-refractivity contribution < 1.29 is 14.7 Å². The molecule has 0 radical (unpaired) electrons. The van der Waals surface area contributed by atoms with E-state index in [1.807, 2.05) is 18.2 Å². The molecule has 0 saturated carbocycles. The van der Waals surface area contributed by atoms with Crippen molar-refractivity contribution in [3.8, 4) is 0 Å². The van der Waals surface area contributed by atoms with Crippen LogP contribution in [0.2, 0.25) is 0 Å². The van der Waals surface area contributed by atoms with Crippen LogP contribution in [0.25, 0.3) is 0 Å². The number of carbonyl (C=O) groups is 2. The number of carboxylic acid groups (broad SMARTS) is 1. The Kier molecular flexibility index (Phi) is 6.05. The molecule has 0 spiro atoms. The number of nitrogens with one attached hydrogen (secondary N) is 1. The molecule has 0 bridgehead atoms. The number of carboxylic acids is 1. The lowest BCUT2D eigenvalue weighted by molar-refractivity contribution is -0.143. The van der Waals surface area contributed by atoms with Crippen LogP contribution in [-0.2, 0) is 9.59 Å². The van der Waals surface area contributed by atoms with E-state index in [-0.39, 0.29) is 6.29 Å². The predicted molar refractivity (Wildman–Crippen MR) is 43.6 cm³/mol. The Morgan fingerprint density at radius 1 is 1.42 bits per heavy atom. The van der Waals surface area contributed by atoms with E-state index in [2.05, 4.69) is 10.5 Å². The number of aldehydes is 1. The van der Waals surface area contributed by atoms with Gasteiger partial charge in [-0.2, -0.15) is 5.10 Å². The third kappa shape index (κ3) is 8.09. The van der Waals surface area contributed by atoms with Gasteiger partial charge in [-0.3, -0.25) is 10.2 Å². The van der Waals surface area contributed by atoms with Crippen molar-refractivity contribution in [2.75, 3.05) is 0 Å². The first-order chi connectivity index (χ1) is 5.77. The summed E-state index contributed by atoms with van der Waals surface area (Å²) in [6, 6.07) is 0. The normalized spacial score (nSPS) is 12.0. The van der Waals surface area contributed by atoms with Crippen LogP contribution in [0.1, 0.15) is 0 Å². The summed E-state index contributed by atoms with van der Waals surface area (Å²) in [5.74, 6) is -1.43. The van der Waals surface area contributed by atoms with Gasteiger partial charge in [0, 0.05) is 12.4 Å². The lowest BCUT2D eigenvalue weighted by Crippen LogP contribution is -1.91. The Morgan fingerprint density at radius 2 is 2.08 bits per heavy atom. The second kappa shape index (κ2) is 7.20. The molecule has 1 aliphatic heterocycles. The van der Waals surface area contributed by atoms with Gasteiger partial charge >= 0.3 is 5.97 Å². The molecule has 0 aliphatic carbocycles. The lowest BCUT2D eigenvalue weighted by Gasteiger charge is -1.78. The van der Waals surface area contributed by atoms with Gasteiger partial charge in [-0.15, -0.1) is 0 Å². The maximum Gasteiger partial charge on any atom is 0.368 e. The summed E-state index contributed by atoms with van der Waals surface area (Å²) in [7, 11) is 0. The average Bonchev–Trinajstić information content (AvgIpc) is 2.35. The molecule has 1 aliphatic rings. The second-order valence-electron chi connectivity index (χ2n) is 1.61. The molecule has 0 aromatic carbocycles. The van der Waals surface area contributed by atoms with E-state index < -0.39 is 5.97 Å². The first kappa shape index (κ1) is 10.1. The third-order valence-electron chi connectivity index (χ3n) is 0.729. The zero-order valence-corrected chi connectivity index (χ0v) is 6.18. The standard InChI is InChI=1S/C5H6N2.C2H2O3/c1-2-4-6-7-5-3-1;3-1-2(4)5/h1-6H;1H,(H,4,5). The lowest BCUT2D eigenvalue weighted by atomic mass is 10.5. The summed E-state index contributed by atoms with van der Waals surface area (Å²) < 4.78 is 0. The third-order valence-corrected chi connectivity index (χ3v) is 0.729. The first-order valence-electron chi connectivity index (χ1n) is 3.06. The van der Waals surface area contributed by atoms with Gasteiger partial charge in [-0.25, -0.2) is 4.79 Å². The SMILES string of the molecule is C1=CC=NNC=C1.O=CC(=O)O. The van der Waals surface area contributed by atoms with E-state index >= 15 is 0 Å². The molecule has 1 heterocycles. The Bertz CT molecular complexity index is 217. The topological polar surface area (TPSA) is 78.8 Å². The molecular formula is C7H8N2O3. The van der Waals surface area contributed by atoms with Crippen LogP contribution in [0.15, 0.2) is 29.5 Å². The van der Waals surface area contributed by atoms with Crippen molar-refractivity contribution in [1.82, 2.24) is 5.43 Å². The van der Waals surface area contributed by atoms with E-state index in [1.165, 1.54) is 0 Å². The monoisotopic (exact) mass is 168 g/mol. The molecule has 0 atom stereocenters. The Hall–Kier alpha value is -1.91. The van der Waals surface area contributed by atoms with Gasteiger partial charge in [0.15, 0.2) is 0 Å². The van der Waals surface area contributed by atoms with Gasteiger partial charge in [0.1, 0.15) is 0 Å². The van der Waals surface area contributed by atoms with E-state index in [9.17, 15) is 0 Å². The highest BCUT2D eigenvalue weighted by Gasteiger charge is 1.80. The van der Waals surface area contributed by atoms with Crippen molar-refractivity contribution in [1.29, 1.82) is 0 Å². The number of nitrogens with zero attached hydrogens (tertiary/aromatic N) is 1. The molecule has 0 aromatic rings. The minimum Gasteiger partial charge on any atom is -0.476 e. The van der Waals surface area contributed by atoms with Crippen LogP contribution >= 0.6 is 0 Å². The van der Waals surface area contributed by atoms with Crippen LogP contribution in [0, 0.1) is 0 Å². The number of hydrogen-bond donors (Lipinski definition) is 2. The maximum absolute atomic E-state index is 9.00. The van der Waals surface area contributed by atoms with Crippen molar-refractivity contribution in [2.45, 2.75) is 0 Å². The van der Waals surface area contributed by atoms with E-state index in [1.54, 1.807) is 12.4 Å². The van der Waals surface area contributed by atoms with Crippen molar-refractivity contribution in [3.63, 3.8) is 0 Å². The second-order valence-corrected chi connectivity index (χ2v) is 1.61. The number of allylic oxidation sites excluding steroid dienone is 3. The smallest absolute Gasteiger partial charge is 0.368 e. The molecule has 12 heavy (non-hydrogen) atoms. The van der Waals surface area contributed by atoms with Crippen LogP contribution < -0.4 is 5.43 Å². The number of rotatable bonds is 1. The molecule has 0 aromatic heterocycles. The van der Waals surface area contributed by atoms with Gasteiger partial charge < -0.3 is 5.11 Å². The first-order valence-corrected chi connectivity index (χ1v) is 3.06. The van der Waals surface area contributed by atoms with Crippen molar-refractivity contribution >= 4 is 18.5 Å². The number of hydrogen-bond acceptors (Lipinski definition) is 4. The van der Waals surface area contributed by atoms with Crippen LogP contribution in [0.5, 0.6) is 0 Å². The molecule has 0 saturated heterocycles. The molecule has 0 fully saturated rings. The quantitative estimate of drug-likeness (QED) is 0.424. The van der Waals surface area contributed by atoms with Gasteiger partial charge in [-0.05, 0) is 12.2 Å². The van der Waals surface area contributed by atoms with Crippen LogP contribution in [0.4, 0.5) is 0 Å². The highest BCUT2D eigenvalue weighted by molar-refractivity contribution is 6.19. The Morgan fingerprint density at radius 3 is 2.67 bits per heavy atom. The largest absolute Gasteiger partial charge is 0.476 e.